The van der Waals surface area contributed by atoms with Gasteiger partial charge in [-0.3, -0.25) is 0 Å². The summed E-state index contributed by atoms with van der Waals surface area (Å²) in [5.41, 5.74) is -0.685. The van der Waals surface area contributed by atoms with Crippen LogP contribution in [0.15, 0.2) is 0 Å². The summed E-state index contributed by atoms with van der Waals surface area (Å²) in [6.07, 6.45) is -0.805. The highest BCUT2D eigenvalue weighted by molar-refractivity contribution is 5.80. The molecule has 6 nitrogen and oxygen atoms in total. The minimum atomic E-state index is -1.20. The first-order valence-corrected chi connectivity index (χ1v) is 5.00. The monoisotopic (exact) mass is 233 g/mol. The van der Waals surface area contributed by atoms with Crippen LogP contribution >= 0.6 is 0 Å². The fraction of sp³-hybridized carbons (Fsp3) is 0.800. The highest BCUT2D eigenvalue weighted by Gasteiger charge is 2.28. The molecule has 0 bridgehead atoms. The molecule has 0 heterocycles. The van der Waals surface area contributed by atoms with E-state index in [1.54, 1.807) is 20.8 Å². The van der Waals surface area contributed by atoms with Crippen LogP contribution in [0.4, 0.5) is 4.79 Å². The Hall–Kier alpha value is -1.30. The van der Waals surface area contributed by atoms with E-state index in [4.69, 9.17) is 14.9 Å². The lowest BCUT2D eigenvalue weighted by Gasteiger charge is -2.24. The second-order valence-corrected chi connectivity index (χ2v) is 4.62. The van der Waals surface area contributed by atoms with Crippen LogP contribution in [0.5, 0.6) is 0 Å². The maximum atomic E-state index is 11.3. The summed E-state index contributed by atoms with van der Waals surface area (Å²) >= 11 is 0. The SMILES string of the molecule is CC(CO)C(NC(=O)OC(C)(C)C)C(=O)O. The maximum absolute atomic E-state index is 11.3. The Bertz CT molecular complexity index is 258. The molecule has 2 atom stereocenters. The van der Waals surface area contributed by atoms with Crippen molar-refractivity contribution in [3.05, 3.63) is 0 Å². The summed E-state index contributed by atoms with van der Waals surface area (Å²) in [5, 5.41) is 19.9. The smallest absolute Gasteiger partial charge is 0.408 e. The average molecular weight is 233 g/mol. The van der Waals surface area contributed by atoms with E-state index in [9.17, 15) is 9.59 Å². The second-order valence-electron chi connectivity index (χ2n) is 4.62. The number of aliphatic carboxylic acids is 1. The van der Waals surface area contributed by atoms with Crippen LogP contribution in [0, 0.1) is 5.92 Å². The van der Waals surface area contributed by atoms with Crippen LogP contribution in [0.3, 0.4) is 0 Å². The number of carboxylic acid groups (broad SMARTS) is 1. The normalized spacial score (nSPS) is 15.1. The molecule has 6 heteroatoms. The van der Waals surface area contributed by atoms with Crippen molar-refractivity contribution in [3.8, 4) is 0 Å². The van der Waals surface area contributed by atoms with Crippen LogP contribution in [-0.4, -0.2) is 40.5 Å². The standard InChI is InChI=1S/C10H19NO5/c1-6(5-12)7(8(13)14)11-9(15)16-10(2,3)4/h6-7,12H,5H2,1-4H3,(H,11,15)(H,13,14). The Morgan fingerprint density at radius 2 is 1.88 bits per heavy atom. The van der Waals surface area contributed by atoms with Crippen molar-refractivity contribution in [2.45, 2.75) is 39.3 Å². The number of aliphatic hydroxyl groups is 1. The van der Waals surface area contributed by atoms with E-state index in [0.29, 0.717) is 0 Å². The molecule has 3 N–H and O–H groups in total. The van der Waals surface area contributed by atoms with Gasteiger partial charge < -0.3 is 20.3 Å². The van der Waals surface area contributed by atoms with Gasteiger partial charge in [0.1, 0.15) is 11.6 Å². The number of alkyl carbamates (subject to hydrolysis) is 1. The zero-order valence-electron chi connectivity index (χ0n) is 9.98. The van der Waals surface area contributed by atoms with Crippen molar-refractivity contribution >= 4 is 12.1 Å². The molecular weight excluding hydrogens is 214 g/mol. The van der Waals surface area contributed by atoms with Crippen molar-refractivity contribution < 1.29 is 24.5 Å². The molecule has 0 saturated heterocycles. The van der Waals surface area contributed by atoms with Crippen molar-refractivity contribution in [1.82, 2.24) is 5.32 Å². The van der Waals surface area contributed by atoms with E-state index in [1.165, 1.54) is 6.92 Å². The summed E-state index contributed by atoms with van der Waals surface area (Å²) in [7, 11) is 0. The Labute approximate surface area is 94.6 Å². The molecule has 0 saturated carbocycles. The molecule has 16 heavy (non-hydrogen) atoms. The van der Waals surface area contributed by atoms with Gasteiger partial charge in [0.05, 0.1) is 0 Å². The molecule has 0 aromatic carbocycles. The molecule has 0 aromatic heterocycles. The van der Waals surface area contributed by atoms with Gasteiger partial charge in [-0.2, -0.15) is 0 Å². The van der Waals surface area contributed by atoms with Gasteiger partial charge in [0, 0.05) is 12.5 Å². The van der Waals surface area contributed by atoms with Gasteiger partial charge in [-0.15, -0.1) is 0 Å². The average Bonchev–Trinajstić information content (AvgIpc) is 2.09. The summed E-state index contributed by atoms with van der Waals surface area (Å²) in [4.78, 5) is 22.1. The van der Waals surface area contributed by atoms with Gasteiger partial charge in [0.25, 0.3) is 0 Å². The van der Waals surface area contributed by atoms with E-state index in [2.05, 4.69) is 5.32 Å². The van der Waals surface area contributed by atoms with Crippen molar-refractivity contribution in [2.75, 3.05) is 6.61 Å². The number of hydrogen-bond acceptors (Lipinski definition) is 4. The number of carboxylic acids is 1. The summed E-state index contributed by atoms with van der Waals surface area (Å²) < 4.78 is 4.92. The van der Waals surface area contributed by atoms with Crippen LogP contribution in [-0.2, 0) is 9.53 Å². The molecule has 0 rings (SSSR count). The predicted octanol–water partition coefficient (Wildman–Crippen LogP) is 0.593. The van der Waals surface area contributed by atoms with E-state index in [-0.39, 0.29) is 6.61 Å². The first-order chi connectivity index (χ1) is 7.17. The van der Waals surface area contributed by atoms with Crippen LogP contribution in [0.2, 0.25) is 0 Å². The molecule has 0 aliphatic rings. The second kappa shape index (κ2) is 5.69. The number of carbonyl (C=O) groups is 2. The van der Waals surface area contributed by atoms with E-state index in [0.717, 1.165) is 0 Å². The molecule has 94 valence electrons. The number of ether oxygens (including phenoxy) is 1. The molecule has 0 aliphatic carbocycles. The molecule has 0 fully saturated rings. The maximum Gasteiger partial charge on any atom is 0.408 e. The molecule has 2 unspecified atom stereocenters. The summed E-state index contributed by atoms with van der Waals surface area (Å²) in [5.74, 6) is -1.78. The Kier molecular flexibility index (Phi) is 5.23. The lowest BCUT2D eigenvalue weighted by Crippen LogP contribution is -2.47. The fourth-order valence-electron chi connectivity index (χ4n) is 0.987. The quantitative estimate of drug-likeness (QED) is 0.660. The van der Waals surface area contributed by atoms with Gasteiger partial charge in [-0.1, -0.05) is 6.92 Å². The third-order valence-electron chi connectivity index (χ3n) is 1.80. The van der Waals surface area contributed by atoms with Crippen molar-refractivity contribution in [1.29, 1.82) is 0 Å². The Morgan fingerprint density at radius 1 is 1.38 bits per heavy atom. The van der Waals surface area contributed by atoms with E-state index >= 15 is 0 Å². The third kappa shape index (κ3) is 5.55. The van der Waals surface area contributed by atoms with Crippen LogP contribution in [0.1, 0.15) is 27.7 Å². The van der Waals surface area contributed by atoms with Crippen LogP contribution < -0.4 is 5.32 Å². The van der Waals surface area contributed by atoms with Crippen molar-refractivity contribution in [2.24, 2.45) is 5.92 Å². The summed E-state index contributed by atoms with van der Waals surface area (Å²) in [6, 6.07) is -1.15. The van der Waals surface area contributed by atoms with Gasteiger partial charge in [0.15, 0.2) is 0 Å². The molecule has 0 spiro atoms. The first kappa shape index (κ1) is 14.7. The van der Waals surface area contributed by atoms with Crippen molar-refractivity contribution in [3.63, 3.8) is 0 Å². The van der Waals surface area contributed by atoms with Crippen LogP contribution in [0.25, 0.3) is 0 Å². The lowest BCUT2D eigenvalue weighted by molar-refractivity contribution is -0.141. The topological polar surface area (TPSA) is 95.9 Å². The first-order valence-electron chi connectivity index (χ1n) is 5.00. The minimum absolute atomic E-state index is 0.327. The summed E-state index contributed by atoms with van der Waals surface area (Å²) in [6.45, 7) is 6.23. The molecular formula is C10H19NO5. The number of aliphatic hydroxyl groups excluding tert-OH is 1. The number of carbonyl (C=O) groups excluding carboxylic acids is 1. The lowest BCUT2D eigenvalue weighted by atomic mass is 10.0. The number of hydrogen-bond donors (Lipinski definition) is 3. The number of amides is 1. The minimum Gasteiger partial charge on any atom is -0.480 e. The highest BCUT2D eigenvalue weighted by atomic mass is 16.6. The van der Waals surface area contributed by atoms with E-state index < -0.39 is 29.6 Å². The number of nitrogens with one attached hydrogen (secondary N) is 1. The zero-order chi connectivity index (χ0) is 12.9. The molecule has 0 aromatic rings. The zero-order valence-corrected chi connectivity index (χ0v) is 9.98. The highest BCUT2D eigenvalue weighted by Crippen LogP contribution is 2.08. The van der Waals surface area contributed by atoms with Gasteiger partial charge >= 0.3 is 12.1 Å². The predicted molar refractivity (Wildman–Crippen MR) is 57.0 cm³/mol. The largest absolute Gasteiger partial charge is 0.480 e. The molecule has 0 aliphatic heterocycles. The van der Waals surface area contributed by atoms with Gasteiger partial charge in [-0.25, -0.2) is 9.59 Å². The molecule has 1 amide bonds. The van der Waals surface area contributed by atoms with E-state index in [1.807, 2.05) is 0 Å². The third-order valence-corrected chi connectivity index (χ3v) is 1.80. The van der Waals surface area contributed by atoms with Gasteiger partial charge in [-0.05, 0) is 20.8 Å². The van der Waals surface area contributed by atoms with Gasteiger partial charge in [0.2, 0.25) is 0 Å². The number of rotatable bonds is 4. The molecule has 0 radical (unpaired) electrons. The fourth-order valence-corrected chi connectivity index (χ4v) is 0.987. The Morgan fingerprint density at radius 3 is 2.19 bits per heavy atom. The Balaban J connectivity index is 4.42.